The number of nitrogens with one attached hydrogen (secondary N) is 1. The molecular weight excluding hydrogens is 502 g/mol. The fraction of sp³-hybridized carbons (Fsp3) is 0.211. The maximum atomic E-state index is 13.9. The molecule has 2 aromatic heterocycles. The molecule has 6 nitrogen and oxygen atoms in total. The monoisotopic (exact) mass is 516 g/mol. The quantitative estimate of drug-likeness (QED) is 0.436. The van der Waals surface area contributed by atoms with Gasteiger partial charge in [-0.25, -0.2) is 18.7 Å². The van der Waals surface area contributed by atoms with Gasteiger partial charge in [0.25, 0.3) is 5.91 Å². The fourth-order valence-electron chi connectivity index (χ4n) is 2.70. The lowest BCUT2D eigenvalue weighted by molar-refractivity contribution is 0.100. The highest BCUT2D eigenvalue weighted by molar-refractivity contribution is 9.10. The predicted octanol–water partition coefficient (Wildman–Crippen LogP) is 5.05. The number of primary amides is 1. The molecule has 0 saturated carbocycles. The van der Waals surface area contributed by atoms with Crippen LogP contribution in [-0.4, -0.2) is 29.0 Å². The van der Waals surface area contributed by atoms with E-state index in [0.29, 0.717) is 27.5 Å². The van der Waals surface area contributed by atoms with E-state index in [2.05, 4.69) is 31.2 Å². The number of benzene rings is 1. The van der Waals surface area contributed by atoms with Crippen molar-refractivity contribution in [3.63, 3.8) is 0 Å². The first kappa shape index (κ1) is 22.4. The molecule has 0 spiro atoms. The zero-order chi connectivity index (χ0) is 21.8. The van der Waals surface area contributed by atoms with E-state index in [9.17, 15) is 13.6 Å². The van der Waals surface area contributed by atoms with E-state index >= 15 is 0 Å². The zero-order valence-electron chi connectivity index (χ0n) is 15.6. The molecule has 3 N–H and O–H groups in total. The Balaban J connectivity index is 1.79. The van der Waals surface area contributed by atoms with Crippen molar-refractivity contribution >= 4 is 50.6 Å². The Hall–Kier alpha value is -2.30. The number of halogens is 4. The number of ether oxygens (including phenoxy) is 1. The van der Waals surface area contributed by atoms with Gasteiger partial charge in [-0.1, -0.05) is 27.5 Å². The molecule has 1 amide bonds. The second-order valence-corrected chi connectivity index (χ2v) is 8.33. The van der Waals surface area contributed by atoms with Crippen LogP contribution in [0.5, 0.6) is 5.75 Å². The topological polar surface area (TPSA) is 90.1 Å². The molecule has 0 bridgehead atoms. The standard InChI is InChI=1S/C19H16BrClF2N4O2S/c1-2-29-16-15(21)17(30-18(16)19(24)28)13-7-14(27-8-26-13)25-4-3-10-11(22)5-9(20)6-12(10)23/h5-8H,2-4H2,1H3,(H2,24,28)(H,25,26,27). The van der Waals surface area contributed by atoms with Crippen LogP contribution in [0.15, 0.2) is 29.0 Å². The third-order valence-corrected chi connectivity index (χ3v) is 6.15. The maximum Gasteiger partial charge on any atom is 0.262 e. The van der Waals surface area contributed by atoms with E-state index in [0.717, 1.165) is 11.3 Å². The van der Waals surface area contributed by atoms with Gasteiger partial charge in [0.1, 0.15) is 33.7 Å². The summed E-state index contributed by atoms with van der Waals surface area (Å²) in [5, 5.41) is 3.24. The minimum atomic E-state index is -0.650. The van der Waals surface area contributed by atoms with Gasteiger partial charge in [0.2, 0.25) is 0 Å². The van der Waals surface area contributed by atoms with Crippen LogP contribution in [0.3, 0.4) is 0 Å². The molecule has 0 aliphatic heterocycles. The van der Waals surface area contributed by atoms with Gasteiger partial charge < -0.3 is 15.8 Å². The van der Waals surface area contributed by atoms with Crippen LogP contribution in [0.1, 0.15) is 22.2 Å². The van der Waals surface area contributed by atoms with Gasteiger partial charge in [-0.2, -0.15) is 0 Å². The van der Waals surface area contributed by atoms with Gasteiger partial charge in [0.15, 0.2) is 5.75 Å². The summed E-state index contributed by atoms with van der Waals surface area (Å²) in [6.45, 7) is 2.32. The Morgan fingerprint density at radius 2 is 2.00 bits per heavy atom. The molecule has 0 unspecified atom stereocenters. The first-order valence-electron chi connectivity index (χ1n) is 8.76. The van der Waals surface area contributed by atoms with Gasteiger partial charge in [-0.3, -0.25) is 4.79 Å². The van der Waals surface area contributed by atoms with Crippen LogP contribution in [0, 0.1) is 11.6 Å². The number of rotatable bonds is 8. The number of hydrogen-bond acceptors (Lipinski definition) is 6. The summed E-state index contributed by atoms with van der Waals surface area (Å²) in [6.07, 6.45) is 1.43. The van der Waals surface area contributed by atoms with Crippen molar-refractivity contribution in [2.45, 2.75) is 13.3 Å². The van der Waals surface area contributed by atoms with Gasteiger partial charge >= 0.3 is 0 Å². The van der Waals surface area contributed by atoms with Crippen LogP contribution in [0.25, 0.3) is 10.6 Å². The molecule has 11 heteroatoms. The third kappa shape index (κ3) is 4.88. The highest BCUT2D eigenvalue weighted by atomic mass is 79.9. The second-order valence-electron chi connectivity index (χ2n) is 6.01. The highest BCUT2D eigenvalue weighted by Crippen LogP contribution is 2.44. The average Bonchev–Trinajstić information content (AvgIpc) is 3.01. The lowest BCUT2D eigenvalue weighted by Crippen LogP contribution is -2.10. The van der Waals surface area contributed by atoms with Crippen molar-refractivity contribution in [3.05, 3.63) is 56.1 Å². The molecule has 30 heavy (non-hydrogen) atoms. The molecule has 2 heterocycles. The molecule has 3 rings (SSSR count). The van der Waals surface area contributed by atoms with Crippen molar-refractivity contribution in [3.8, 4) is 16.3 Å². The first-order chi connectivity index (χ1) is 14.3. The lowest BCUT2D eigenvalue weighted by Gasteiger charge is -2.09. The summed E-state index contributed by atoms with van der Waals surface area (Å²) in [7, 11) is 0. The molecule has 0 fully saturated rings. The van der Waals surface area contributed by atoms with E-state index in [1.165, 1.54) is 18.5 Å². The van der Waals surface area contributed by atoms with Crippen LogP contribution < -0.4 is 15.8 Å². The van der Waals surface area contributed by atoms with Crippen LogP contribution in [0.4, 0.5) is 14.6 Å². The molecule has 0 aliphatic carbocycles. The number of carbonyl (C=O) groups is 1. The Labute approximate surface area is 188 Å². The summed E-state index contributed by atoms with van der Waals surface area (Å²) < 4.78 is 33.7. The number of nitrogens with two attached hydrogens (primary N) is 1. The van der Waals surface area contributed by atoms with E-state index < -0.39 is 17.5 Å². The molecule has 0 atom stereocenters. The SMILES string of the molecule is CCOc1c(C(N)=O)sc(-c2cc(NCCc3c(F)cc(Br)cc3F)ncn2)c1Cl. The molecule has 0 saturated heterocycles. The van der Waals surface area contributed by atoms with Crippen LogP contribution in [0.2, 0.25) is 5.02 Å². The lowest BCUT2D eigenvalue weighted by atomic mass is 10.1. The Kier molecular flexibility index (Phi) is 7.22. The van der Waals surface area contributed by atoms with Crippen molar-refractivity contribution in [1.82, 2.24) is 9.97 Å². The van der Waals surface area contributed by atoms with Crippen molar-refractivity contribution in [1.29, 1.82) is 0 Å². The largest absolute Gasteiger partial charge is 0.491 e. The van der Waals surface area contributed by atoms with Crippen LogP contribution >= 0.6 is 38.9 Å². The first-order valence-corrected chi connectivity index (χ1v) is 10.7. The van der Waals surface area contributed by atoms with Gasteiger partial charge in [-0.05, 0) is 25.5 Å². The molecular formula is C19H16BrClF2N4O2S. The Morgan fingerprint density at radius 1 is 1.30 bits per heavy atom. The minimum Gasteiger partial charge on any atom is -0.491 e. The summed E-state index contributed by atoms with van der Waals surface area (Å²) in [5.41, 5.74) is 5.85. The average molecular weight is 518 g/mol. The van der Waals surface area contributed by atoms with Gasteiger partial charge in [-0.15, -0.1) is 11.3 Å². The number of thiophene rings is 1. The van der Waals surface area contributed by atoms with E-state index in [4.69, 9.17) is 22.1 Å². The minimum absolute atomic E-state index is 0.0197. The zero-order valence-corrected chi connectivity index (χ0v) is 18.8. The summed E-state index contributed by atoms with van der Waals surface area (Å²) in [4.78, 5) is 20.7. The molecule has 158 valence electrons. The molecule has 1 aromatic carbocycles. The number of nitrogens with zero attached hydrogens (tertiary/aromatic N) is 2. The van der Waals surface area contributed by atoms with E-state index in [1.807, 2.05) is 0 Å². The number of carbonyl (C=O) groups excluding carboxylic acids is 1. The third-order valence-electron chi connectivity index (χ3n) is 4.01. The van der Waals surface area contributed by atoms with Gasteiger partial charge in [0.05, 0.1) is 17.2 Å². The van der Waals surface area contributed by atoms with Crippen molar-refractivity contribution in [2.75, 3.05) is 18.5 Å². The molecule has 0 aliphatic rings. The van der Waals surface area contributed by atoms with E-state index in [1.54, 1.807) is 13.0 Å². The maximum absolute atomic E-state index is 13.9. The van der Waals surface area contributed by atoms with Crippen LogP contribution in [-0.2, 0) is 6.42 Å². The predicted molar refractivity (Wildman–Crippen MR) is 116 cm³/mol. The van der Waals surface area contributed by atoms with E-state index in [-0.39, 0.29) is 34.2 Å². The van der Waals surface area contributed by atoms with Gasteiger partial charge in [0, 0.05) is 22.6 Å². The second kappa shape index (κ2) is 9.67. The normalized spacial score (nSPS) is 10.8. The summed E-state index contributed by atoms with van der Waals surface area (Å²) >= 11 is 10.5. The molecule has 0 radical (unpaired) electrons. The smallest absolute Gasteiger partial charge is 0.262 e. The number of anilines is 1. The van der Waals surface area contributed by atoms with Crippen molar-refractivity contribution < 1.29 is 18.3 Å². The summed E-state index contributed by atoms with van der Waals surface area (Å²) in [5.74, 6) is -1.25. The fourth-order valence-corrected chi connectivity index (χ4v) is 4.48. The summed E-state index contributed by atoms with van der Waals surface area (Å²) in [6, 6.07) is 4.05. The Bertz CT molecular complexity index is 1070. The molecule has 3 aromatic rings. The highest BCUT2D eigenvalue weighted by Gasteiger charge is 2.23. The van der Waals surface area contributed by atoms with Crippen molar-refractivity contribution in [2.24, 2.45) is 5.73 Å². The number of aromatic nitrogens is 2. The Morgan fingerprint density at radius 3 is 2.63 bits per heavy atom. The number of amides is 1. The number of hydrogen-bond donors (Lipinski definition) is 2.